The molecule has 3 nitrogen and oxygen atoms in total. The molecule has 4 heteroatoms. The van der Waals surface area contributed by atoms with E-state index in [-0.39, 0.29) is 0 Å². The Balaban J connectivity index is 1.91. The molecule has 1 aliphatic heterocycles. The highest BCUT2D eigenvalue weighted by molar-refractivity contribution is 8.14. The predicted octanol–water partition coefficient (Wildman–Crippen LogP) is 3.53. The molecule has 0 bridgehead atoms. The number of hydrogen-bond acceptors (Lipinski definition) is 4. The first-order valence-corrected chi connectivity index (χ1v) is 7.16. The molecule has 18 heavy (non-hydrogen) atoms. The molecule has 0 radical (unpaired) electrons. The summed E-state index contributed by atoms with van der Waals surface area (Å²) in [5.41, 5.74) is 2.10. The summed E-state index contributed by atoms with van der Waals surface area (Å²) in [6.07, 6.45) is 2.93. The van der Waals surface area contributed by atoms with E-state index in [1.165, 1.54) is 0 Å². The Morgan fingerprint density at radius 3 is 3.11 bits per heavy atom. The second-order valence-corrected chi connectivity index (χ2v) is 5.32. The average Bonchev–Trinajstić information content (AvgIpc) is 2.87. The van der Waals surface area contributed by atoms with Crippen LogP contribution in [-0.4, -0.2) is 21.9 Å². The minimum absolute atomic E-state index is 0.464. The fourth-order valence-corrected chi connectivity index (χ4v) is 3.09. The van der Waals surface area contributed by atoms with Crippen LogP contribution in [0.25, 0.3) is 10.9 Å². The van der Waals surface area contributed by atoms with E-state index in [1.54, 1.807) is 11.8 Å². The van der Waals surface area contributed by atoms with Crippen molar-refractivity contribution in [3.05, 3.63) is 36.5 Å². The number of thioether (sulfide) groups is 1. The number of benzene rings is 1. The fourth-order valence-electron chi connectivity index (χ4n) is 2.02. The maximum Gasteiger partial charge on any atom is 0.161 e. The maximum atomic E-state index is 4.66. The monoisotopic (exact) mass is 257 g/mol. The van der Waals surface area contributed by atoms with Gasteiger partial charge in [0.25, 0.3) is 0 Å². The first-order valence-electron chi connectivity index (χ1n) is 6.18. The van der Waals surface area contributed by atoms with Gasteiger partial charge in [-0.05, 0) is 30.7 Å². The van der Waals surface area contributed by atoms with Crippen molar-refractivity contribution in [2.75, 3.05) is 11.1 Å². The Morgan fingerprint density at radius 2 is 2.28 bits per heavy atom. The first-order chi connectivity index (χ1) is 8.86. The number of nitrogens with zero attached hydrogens (tertiary/aromatic N) is 2. The van der Waals surface area contributed by atoms with Crippen molar-refractivity contribution < 1.29 is 0 Å². The molecular weight excluding hydrogens is 242 g/mol. The van der Waals surface area contributed by atoms with Crippen LogP contribution in [0.2, 0.25) is 0 Å². The largest absolute Gasteiger partial charge is 0.334 e. The van der Waals surface area contributed by atoms with Gasteiger partial charge in [-0.1, -0.05) is 24.8 Å². The van der Waals surface area contributed by atoms with Crippen LogP contribution in [0.15, 0.2) is 41.5 Å². The summed E-state index contributed by atoms with van der Waals surface area (Å²) >= 11 is 1.80. The maximum absolute atomic E-state index is 4.66. The van der Waals surface area contributed by atoms with Gasteiger partial charge in [0, 0.05) is 23.0 Å². The van der Waals surface area contributed by atoms with Gasteiger partial charge in [-0.3, -0.25) is 9.98 Å². The Bertz CT molecular complexity index is 589. The summed E-state index contributed by atoms with van der Waals surface area (Å²) in [7, 11) is 0. The zero-order valence-electron chi connectivity index (χ0n) is 10.3. The van der Waals surface area contributed by atoms with Crippen LogP contribution >= 0.6 is 11.8 Å². The summed E-state index contributed by atoms with van der Waals surface area (Å²) in [4.78, 5) is 9.02. The second kappa shape index (κ2) is 4.98. The van der Waals surface area contributed by atoms with E-state index in [0.29, 0.717) is 6.04 Å². The summed E-state index contributed by atoms with van der Waals surface area (Å²) in [6.45, 7) is 2.18. The summed E-state index contributed by atoms with van der Waals surface area (Å²) in [5, 5.41) is 5.59. The van der Waals surface area contributed by atoms with Crippen LogP contribution in [0.4, 0.5) is 5.69 Å². The fraction of sp³-hybridized carbons (Fsp3) is 0.286. The van der Waals surface area contributed by atoms with Gasteiger partial charge in [0.05, 0.1) is 11.6 Å². The van der Waals surface area contributed by atoms with Crippen molar-refractivity contribution in [3.8, 4) is 0 Å². The predicted molar refractivity (Wildman–Crippen MR) is 79.3 cm³/mol. The van der Waals surface area contributed by atoms with Gasteiger partial charge >= 0.3 is 0 Å². The normalized spacial score (nSPS) is 18.9. The van der Waals surface area contributed by atoms with Gasteiger partial charge in [-0.25, -0.2) is 0 Å². The average molecular weight is 257 g/mol. The minimum Gasteiger partial charge on any atom is -0.334 e. The topological polar surface area (TPSA) is 37.3 Å². The number of fused-ring (bicyclic) bond motifs is 1. The summed E-state index contributed by atoms with van der Waals surface area (Å²) in [5.74, 6) is 1.09. The number of pyridine rings is 1. The molecule has 0 spiro atoms. The smallest absolute Gasteiger partial charge is 0.161 e. The van der Waals surface area contributed by atoms with Gasteiger partial charge in [0.2, 0.25) is 0 Å². The highest BCUT2D eigenvalue weighted by atomic mass is 32.2. The lowest BCUT2D eigenvalue weighted by molar-refractivity contribution is 0.738. The number of aliphatic imine (C=N–C) groups is 1. The van der Waals surface area contributed by atoms with Gasteiger partial charge in [0.15, 0.2) is 5.17 Å². The molecule has 1 atom stereocenters. The summed E-state index contributed by atoms with van der Waals surface area (Å²) in [6, 6.07) is 10.6. The highest BCUT2D eigenvalue weighted by Crippen LogP contribution is 2.26. The second-order valence-electron chi connectivity index (χ2n) is 4.31. The van der Waals surface area contributed by atoms with Crippen LogP contribution in [0, 0.1) is 0 Å². The van der Waals surface area contributed by atoms with Gasteiger partial charge in [0.1, 0.15) is 0 Å². The van der Waals surface area contributed by atoms with E-state index in [9.17, 15) is 0 Å². The minimum atomic E-state index is 0.464. The molecule has 1 aliphatic rings. The Labute approximate surface area is 111 Å². The first kappa shape index (κ1) is 11.5. The number of aromatic nitrogens is 1. The van der Waals surface area contributed by atoms with E-state index >= 15 is 0 Å². The van der Waals surface area contributed by atoms with Gasteiger partial charge < -0.3 is 5.32 Å². The third-order valence-electron chi connectivity index (χ3n) is 3.07. The molecule has 1 N–H and O–H groups in total. The zero-order chi connectivity index (χ0) is 12.4. The van der Waals surface area contributed by atoms with Crippen LogP contribution in [0.5, 0.6) is 0 Å². The molecule has 92 valence electrons. The molecule has 1 aromatic carbocycles. The third-order valence-corrected chi connectivity index (χ3v) is 4.10. The Kier molecular flexibility index (Phi) is 3.19. The molecule has 0 saturated heterocycles. The van der Waals surface area contributed by atoms with E-state index in [1.807, 2.05) is 24.4 Å². The number of anilines is 1. The molecule has 1 unspecified atom stereocenters. The van der Waals surface area contributed by atoms with E-state index in [0.717, 1.165) is 33.9 Å². The van der Waals surface area contributed by atoms with Gasteiger partial charge in [-0.15, -0.1) is 0 Å². The molecule has 0 aliphatic carbocycles. The highest BCUT2D eigenvalue weighted by Gasteiger charge is 2.16. The molecule has 1 aromatic heterocycles. The van der Waals surface area contributed by atoms with Crippen molar-refractivity contribution in [2.45, 2.75) is 19.4 Å². The summed E-state index contributed by atoms with van der Waals surface area (Å²) < 4.78 is 0. The van der Waals surface area contributed by atoms with Crippen molar-refractivity contribution in [2.24, 2.45) is 4.99 Å². The van der Waals surface area contributed by atoms with E-state index in [4.69, 9.17) is 0 Å². The molecule has 0 amide bonds. The van der Waals surface area contributed by atoms with Crippen LogP contribution in [0.1, 0.15) is 13.3 Å². The lowest BCUT2D eigenvalue weighted by Crippen LogP contribution is -2.05. The Hall–Kier alpha value is -1.55. The van der Waals surface area contributed by atoms with Crippen molar-refractivity contribution in [3.63, 3.8) is 0 Å². The van der Waals surface area contributed by atoms with E-state index in [2.05, 4.69) is 34.3 Å². The zero-order valence-corrected chi connectivity index (χ0v) is 11.1. The number of rotatable bonds is 2. The molecule has 0 saturated carbocycles. The van der Waals surface area contributed by atoms with Crippen molar-refractivity contribution >= 4 is 33.5 Å². The SMILES string of the molecule is CCC1CSC(Nc2cccc3ncccc23)=N1. The Morgan fingerprint density at radius 1 is 1.33 bits per heavy atom. The van der Waals surface area contributed by atoms with Crippen LogP contribution < -0.4 is 5.32 Å². The number of amidine groups is 1. The number of hydrogen-bond donors (Lipinski definition) is 1. The molecular formula is C14H15N3S. The molecule has 2 aromatic rings. The molecule has 0 fully saturated rings. The third kappa shape index (κ3) is 2.20. The van der Waals surface area contributed by atoms with Crippen molar-refractivity contribution in [1.29, 1.82) is 0 Å². The standard InChI is InChI=1S/C14H15N3S/c1-2-10-9-18-14(16-10)17-13-7-3-6-12-11(13)5-4-8-15-12/h3-8,10H,2,9H2,1H3,(H,16,17). The van der Waals surface area contributed by atoms with Crippen LogP contribution in [0.3, 0.4) is 0 Å². The van der Waals surface area contributed by atoms with Crippen LogP contribution in [-0.2, 0) is 0 Å². The van der Waals surface area contributed by atoms with Gasteiger partial charge in [-0.2, -0.15) is 0 Å². The van der Waals surface area contributed by atoms with E-state index < -0.39 is 0 Å². The number of nitrogens with one attached hydrogen (secondary N) is 1. The molecule has 2 heterocycles. The lowest BCUT2D eigenvalue weighted by Gasteiger charge is -2.08. The van der Waals surface area contributed by atoms with Crippen molar-refractivity contribution in [1.82, 2.24) is 4.98 Å². The lowest BCUT2D eigenvalue weighted by atomic mass is 10.2. The molecule has 3 rings (SSSR count). The quantitative estimate of drug-likeness (QED) is 0.894.